The third kappa shape index (κ3) is 4.48. The SMILES string of the molecule is N#Cc1ccc(N2CCC3(CCN(c4ccc(OC5CCNCC5)nn4)CC3)C2)cc1Cl. The Morgan fingerprint density at radius 3 is 2.44 bits per heavy atom. The van der Waals surface area contributed by atoms with Gasteiger partial charge < -0.3 is 19.9 Å². The molecule has 0 radical (unpaired) electrons. The van der Waals surface area contributed by atoms with Crippen molar-refractivity contribution in [3.05, 3.63) is 40.9 Å². The molecule has 7 nitrogen and oxygen atoms in total. The topological polar surface area (TPSA) is 77.3 Å². The second-order valence-electron chi connectivity index (χ2n) is 9.23. The first-order valence-corrected chi connectivity index (χ1v) is 11.9. The number of rotatable bonds is 4. The lowest BCUT2D eigenvalue weighted by Gasteiger charge is -2.39. The van der Waals surface area contributed by atoms with Crippen LogP contribution in [-0.4, -0.2) is 55.6 Å². The number of halogens is 1. The second kappa shape index (κ2) is 9.13. The number of hydrogen-bond acceptors (Lipinski definition) is 7. The molecule has 0 amide bonds. The summed E-state index contributed by atoms with van der Waals surface area (Å²) in [5, 5.41) is 21.8. The van der Waals surface area contributed by atoms with Crippen LogP contribution in [-0.2, 0) is 0 Å². The Morgan fingerprint density at radius 2 is 1.78 bits per heavy atom. The minimum Gasteiger partial charge on any atom is -0.473 e. The minimum atomic E-state index is 0.238. The molecular weight excluding hydrogens is 424 g/mol. The van der Waals surface area contributed by atoms with Crippen LogP contribution in [0.15, 0.2) is 30.3 Å². The average molecular weight is 453 g/mol. The smallest absolute Gasteiger partial charge is 0.233 e. The van der Waals surface area contributed by atoms with E-state index in [1.54, 1.807) is 0 Å². The van der Waals surface area contributed by atoms with E-state index in [4.69, 9.17) is 21.6 Å². The van der Waals surface area contributed by atoms with E-state index in [0.29, 0.717) is 21.9 Å². The van der Waals surface area contributed by atoms with E-state index in [1.807, 2.05) is 30.3 Å². The van der Waals surface area contributed by atoms with Crippen LogP contribution in [0.4, 0.5) is 11.5 Å². The summed E-state index contributed by atoms with van der Waals surface area (Å²) >= 11 is 6.26. The van der Waals surface area contributed by atoms with Gasteiger partial charge in [0, 0.05) is 37.9 Å². The number of piperidine rings is 2. The van der Waals surface area contributed by atoms with Gasteiger partial charge in [0.05, 0.1) is 10.6 Å². The van der Waals surface area contributed by atoms with Gasteiger partial charge in [-0.25, -0.2) is 0 Å². The van der Waals surface area contributed by atoms with Crippen molar-refractivity contribution in [2.24, 2.45) is 5.41 Å². The van der Waals surface area contributed by atoms with E-state index in [9.17, 15) is 0 Å². The molecule has 1 N–H and O–H groups in total. The van der Waals surface area contributed by atoms with Gasteiger partial charge in [-0.1, -0.05) is 11.6 Å². The molecule has 5 rings (SSSR count). The van der Waals surface area contributed by atoms with Crippen LogP contribution in [0.25, 0.3) is 0 Å². The first kappa shape index (κ1) is 21.3. The summed E-state index contributed by atoms with van der Waals surface area (Å²) in [5.41, 5.74) is 1.98. The molecule has 0 unspecified atom stereocenters. The van der Waals surface area contributed by atoms with Crippen LogP contribution in [0.3, 0.4) is 0 Å². The van der Waals surface area contributed by atoms with Crippen molar-refractivity contribution in [2.45, 2.75) is 38.2 Å². The predicted molar refractivity (Wildman–Crippen MR) is 125 cm³/mol. The number of benzene rings is 1. The first-order valence-electron chi connectivity index (χ1n) is 11.5. The molecule has 0 atom stereocenters. The van der Waals surface area contributed by atoms with Gasteiger partial charge in [-0.2, -0.15) is 5.26 Å². The van der Waals surface area contributed by atoms with Gasteiger partial charge in [-0.3, -0.25) is 0 Å². The highest BCUT2D eigenvalue weighted by Gasteiger charge is 2.41. The average Bonchev–Trinajstić information content (AvgIpc) is 3.24. The quantitative estimate of drug-likeness (QED) is 0.758. The Labute approximate surface area is 194 Å². The number of ether oxygens (including phenoxy) is 1. The van der Waals surface area contributed by atoms with E-state index in [-0.39, 0.29) is 6.10 Å². The molecule has 3 aliphatic heterocycles. The molecule has 3 aliphatic rings. The van der Waals surface area contributed by atoms with Gasteiger partial charge in [-0.15, -0.1) is 10.2 Å². The second-order valence-corrected chi connectivity index (χ2v) is 9.64. The fraction of sp³-hybridized carbons (Fsp3) is 0.542. The molecule has 4 heterocycles. The van der Waals surface area contributed by atoms with Gasteiger partial charge in [-0.05, 0) is 74.9 Å². The molecule has 0 saturated carbocycles. The fourth-order valence-electron chi connectivity index (χ4n) is 5.19. The largest absolute Gasteiger partial charge is 0.473 e. The summed E-state index contributed by atoms with van der Waals surface area (Å²) in [6.45, 7) is 6.06. The lowest BCUT2D eigenvalue weighted by Crippen LogP contribution is -2.42. The molecule has 0 bridgehead atoms. The standard InChI is InChI=1S/C24H29ClN6O/c25-21-15-19(2-1-18(21)16-26)31-14-9-24(17-31)7-12-30(13-8-24)22-3-4-23(29-28-22)32-20-5-10-27-11-6-20/h1-4,15,20,27H,5-14,17H2. The molecule has 0 aliphatic carbocycles. The zero-order valence-corrected chi connectivity index (χ0v) is 19.0. The molecule has 168 valence electrons. The maximum atomic E-state index is 9.11. The number of anilines is 2. The Kier molecular flexibility index (Phi) is 6.07. The van der Waals surface area contributed by atoms with Crippen molar-refractivity contribution in [2.75, 3.05) is 49.1 Å². The van der Waals surface area contributed by atoms with Crippen LogP contribution < -0.4 is 19.9 Å². The Bertz CT molecular complexity index is 977. The Hall–Kier alpha value is -2.56. The molecule has 8 heteroatoms. The lowest BCUT2D eigenvalue weighted by molar-refractivity contribution is 0.154. The van der Waals surface area contributed by atoms with Crippen LogP contribution in [0.2, 0.25) is 5.02 Å². The number of aromatic nitrogens is 2. The van der Waals surface area contributed by atoms with Gasteiger partial charge in [0.25, 0.3) is 0 Å². The van der Waals surface area contributed by atoms with Crippen LogP contribution >= 0.6 is 11.6 Å². The van der Waals surface area contributed by atoms with Crippen molar-refractivity contribution < 1.29 is 4.74 Å². The van der Waals surface area contributed by atoms with Crippen LogP contribution in [0.5, 0.6) is 5.88 Å². The Morgan fingerprint density at radius 1 is 1.03 bits per heavy atom. The van der Waals surface area contributed by atoms with E-state index in [1.165, 1.54) is 6.42 Å². The fourth-order valence-corrected chi connectivity index (χ4v) is 5.41. The highest BCUT2D eigenvalue weighted by atomic mass is 35.5. The van der Waals surface area contributed by atoms with E-state index < -0.39 is 0 Å². The van der Waals surface area contributed by atoms with Crippen LogP contribution in [0.1, 0.15) is 37.7 Å². The number of nitrogens with zero attached hydrogens (tertiary/aromatic N) is 5. The van der Waals surface area contributed by atoms with E-state index in [2.05, 4.69) is 31.4 Å². The van der Waals surface area contributed by atoms with Crippen molar-refractivity contribution >= 4 is 23.1 Å². The van der Waals surface area contributed by atoms with Crippen LogP contribution in [0, 0.1) is 16.7 Å². The molecular formula is C24H29ClN6O. The predicted octanol–water partition coefficient (Wildman–Crippen LogP) is 3.63. The van der Waals surface area contributed by atoms with Gasteiger partial charge in [0.2, 0.25) is 5.88 Å². The highest BCUT2D eigenvalue weighted by Crippen LogP contribution is 2.43. The normalized spacial score (nSPS) is 21.0. The minimum absolute atomic E-state index is 0.238. The van der Waals surface area contributed by atoms with E-state index in [0.717, 1.165) is 76.5 Å². The van der Waals surface area contributed by atoms with Crippen molar-refractivity contribution in [3.63, 3.8) is 0 Å². The maximum absolute atomic E-state index is 9.11. The number of hydrogen-bond donors (Lipinski definition) is 1. The summed E-state index contributed by atoms with van der Waals surface area (Å²) in [6.07, 6.45) is 5.74. The summed E-state index contributed by atoms with van der Waals surface area (Å²) in [5.74, 6) is 1.56. The zero-order valence-electron chi connectivity index (χ0n) is 18.3. The monoisotopic (exact) mass is 452 g/mol. The third-order valence-electron chi connectivity index (χ3n) is 7.22. The van der Waals surface area contributed by atoms with Crippen molar-refractivity contribution in [3.8, 4) is 11.9 Å². The zero-order chi connectivity index (χ0) is 22.0. The molecule has 32 heavy (non-hydrogen) atoms. The van der Waals surface area contributed by atoms with E-state index >= 15 is 0 Å². The lowest BCUT2D eigenvalue weighted by atomic mass is 9.78. The summed E-state index contributed by atoms with van der Waals surface area (Å²) in [7, 11) is 0. The van der Waals surface area contributed by atoms with Crippen molar-refractivity contribution in [1.29, 1.82) is 5.26 Å². The summed E-state index contributed by atoms with van der Waals surface area (Å²) < 4.78 is 5.99. The molecule has 1 aromatic carbocycles. The van der Waals surface area contributed by atoms with Crippen molar-refractivity contribution in [1.82, 2.24) is 15.5 Å². The first-order chi connectivity index (χ1) is 15.6. The third-order valence-corrected chi connectivity index (χ3v) is 7.54. The highest BCUT2D eigenvalue weighted by molar-refractivity contribution is 6.32. The maximum Gasteiger partial charge on any atom is 0.233 e. The van der Waals surface area contributed by atoms with Gasteiger partial charge >= 0.3 is 0 Å². The molecule has 1 spiro atoms. The summed E-state index contributed by atoms with van der Waals surface area (Å²) in [4.78, 5) is 4.75. The Balaban J connectivity index is 1.16. The number of nitrogens with one attached hydrogen (secondary N) is 1. The van der Waals surface area contributed by atoms with Gasteiger partial charge in [0.15, 0.2) is 5.82 Å². The van der Waals surface area contributed by atoms with Gasteiger partial charge in [0.1, 0.15) is 12.2 Å². The number of nitriles is 1. The molecule has 1 aromatic heterocycles. The summed E-state index contributed by atoms with van der Waals surface area (Å²) in [6, 6.07) is 11.9. The molecule has 2 aromatic rings. The molecule has 3 saturated heterocycles. The molecule has 3 fully saturated rings.